The van der Waals surface area contributed by atoms with Crippen LogP contribution in [0.5, 0.6) is 0 Å². The molecule has 7 rings (SSSR count). The number of allylic oxidation sites excluding steroid dienone is 2. The largest absolute Gasteiger partial charge is 2.00 e. The second kappa shape index (κ2) is 17.2. The van der Waals surface area contributed by atoms with E-state index in [0.717, 1.165) is 12.8 Å². The van der Waals surface area contributed by atoms with Crippen molar-refractivity contribution in [1.29, 1.82) is 0 Å². The Hall–Kier alpha value is -0.781. The number of hydrogen-bond donors (Lipinski definition) is 0. The van der Waals surface area contributed by atoms with Crippen LogP contribution in [0.15, 0.2) is 71.8 Å². The molecule has 0 unspecified atom stereocenters. The van der Waals surface area contributed by atoms with Crippen LogP contribution in [0.3, 0.4) is 0 Å². The molecule has 2 aromatic rings. The Balaban J connectivity index is 0.000000295. The van der Waals surface area contributed by atoms with Crippen molar-refractivity contribution in [2.45, 2.75) is 12.8 Å². The van der Waals surface area contributed by atoms with E-state index in [9.17, 15) is 0 Å². The summed E-state index contributed by atoms with van der Waals surface area (Å²) in [5.41, 5.74) is 5.92. The molecule has 0 atom stereocenters. The van der Waals surface area contributed by atoms with E-state index in [4.69, 9.17) is 0 Å². The molecule has 4 fully saturated rings. The zero-order valence-electron chi connectivity index (χ0n) is 21.8. The van der Waals surface area contributed by atoms with Crippen molar-refractivity contribution in [1.82, 2.24) is 0 Å². The molecule has 5 aliphatic rings. The molecule has 39 heavy (non-hydrogen) atoms. The summed E-state index contributed by atoms with van der Waals surface area (Å²) < 4.78 is 0. The molecule has 0 aliphatic heterocycles. The van der Waals surface area contributed by atoms with Gasteiger partial charge in [-0.05, 0) is 140 Å². The molecule has 2 heteroatoms. The van der Waals surface area contributed by atoms with Gasteiger partial charge in [0, 0.05) is 17.3 Å². The van der Waals surface area contributed by atoms with E-state index in [1.807, 2.05) is 64.2 Å². The SMILES string of the molecule is [CH]1[CH][CH][CH][CH]1.[CH]1[CH][CH][CH][CH]1.[CH]1[CH][CH][C](C2=C([C]3[CH][CH][CH][CH]3)C2(Cc2ccccc2)Cc2ccccc2)[CH]1.[Fe+2].[Fe+2]. The predicted octanol–water partition coefficient (Wildman–Crippen LogP) is 7.62. The minimum absolute atomic E-state index is 0. The van der Waals surface area contributed by atoms with Crippen LogP contribution < -0.4 is 0 Å². The predicted molar refractivity (Wildman–Crippen MR) is 154 cm³/mol. The van der Waals surface area contributed by atoms with Crippen molar-refractivity contribution in [3.63, 3.8) is 0 Å². The van der Waals surface area contributed by atoms with E-state index in [1.54, 1.807) is 0 Å². The van der Waals surface area contributed by atoms with Crippen LogP contribution >= 0.6 is 0 Å². The Labute approximate surface area is 261 Å². The summed E-state index contributed by atoms with van der Waals surface area (Å²) in [4.78, 5) is 0. The maximum absolute atomic E-state index is 2.26. The van der Waals surface area contributed by atoms with Crippen molar-refractivity contribution in [3.05, 3.63) is 210 Å². The third-order valence-electron chi connectivity index (χ3n) is 6.86. The maximum atomic E-state index is 2.26. The van der Waals surface area contributed by atoms with Crippen molar-refractivity contribution in [2.75, 3.05) is 0 Å². The average molecular weight is 588 g/mol. The molecule has 0 spiro atoms. The smallest absolute Gasteiger partial charge is 0.0622 e. The van der Waals surface area contributed by atoms with Gasteiger partial charge in [0.05, 0.1) is 0 Å². The van der Waals surface area contributed by atoms with Crippen molar-refractivity contribution >= 4 is 0 Å². The van der Waals surface area contributed by atoms with Crippen LogP contribution in [0.1, 0.15) is 11.1 Å². The number of hydrogen-bond acceptors (Lipinski definition) is 0. The molecule has 5 aliphatic carbocycles. The van der Waals surface area contributed by atoms with Crippen LogP contribution in [0.2, 0.25) is 0 Å². The fourth-order valence-electron chi connectivity index (χ4n) is 5.23. The van der Waals surface area contributed by atoms with Crippen LogP contribution in [-0.2, 0) is 47.0 Å². The van der Waals surface area contributed by atoms with Gasteiger partial charge in [0.2, 0.25) is 0 Å². The molecule has 192 valence electrons. The fourth-order valence-corrected chi connectivity index (χ4v) is 5.23. The molecule has 0 nitrogen and oxygen atoms in total. The van der Waals surface area contributed by atoms with Gasteiger partial charge in [-0.25, -0.2) is 0 Å². The quantitative estimate of drug-likeness (QED) is 0.305. The van der Waals surface area contributed by atoms with Crippen molar-refractivity contribution < 1.29 is 34.1 Å². The summed E-state index contributed by atoms with van der Waals surface area (Å²) in [7, 11) is 0. The van der Waals surface area contributed by atoms with Gasteiger partial charge < -0.3 is 0 Å². The van der Waals surface area contributed by atoms with E-state index in [0.29, 0.717) is 0 Å². The molecular weight excluding hydrogens is 556 g/mol. The molecule has 0 amide bonds. The third-order valence-corrected chi connectivity index (χ3v) is 6.86. The van der Waals surface area contributed by atoms with Gasteiger partial charge in [0.15, 0.2) is 0 Å². The Morgan fingerprint density at radius 3 is 0.923 bits per heavy atom. The molecule has 4 saturated carbocycles. The molecule has 0 heterocycles. The third kappa shape index (κ3) is 9.10. The Kier molecular flexibility index (Phi) is 14.5. The van der Waals surface area contributed by atoms with Gasteiger partial charge in [0.25, 0.3) is 0 Å². The van der Waals surface area contributed by atoms with Crippen molar-refractivity contribution in [2.24, 2.45) is 5.41 Å². The molecule has 0 bridgehead atoms. The first-order valence-electron chi connectivity index (χ1n) is 13.0. The van der Waals surface area contributed by atoms with Crippen LogP contribution in [0.25, 0.3) is 0 Å². The van der Waals surface area contributed by atoms with E-state index in [1.165, 1.54) is 34.1 Å². The molecule has 0 aromatic heterocycles. The van der Waals surface area contributed by atoms with E-state index in [-0.39, 0.29) is 39.6 Å². The summed E-state index contributed by atoms with van der Waals surface area (Å²) in [6.45, 7) is 0. The molecular formula is C37H32Fe2+4. The minimum atomic E-state index is 0. The van der Waals surface area contributed by atoms with Gasteiger partial charge in [-0.2, -0.15) is 0 Å². The first kappa shape index (κ1) is 32.7. The Morgan fingerprint density at radius 2 is 0.641 bits per heavy atom. The summed E-state index contributed by atoms with van der Waals surface area (Å²) in [6.07, 6.45) is 39.7. The second-order valence-electron chi connectivity index (χ2n) is 9.43. The second-order valence-corrected chi connectivity index (χ2v) is 9.43. The summed E-state index contributed by atoms with van der Waals surface area (Å²) in [5.74, 6) is 2.75. The Morgan fingerprint density at radius 1 is 0.359 bits per heavy atom. The average Bonchev–Trinajstić information content (AvgIpc) is 3.71. The molecule has 0 saturated heterocycles. The summed E-state index contributed by atoms with van der Waals surface area (Å²) in [6, 6.07) is 21.8. The molecule has 20 radical (unpaired) electrons. The first-order valence-corrected chi connectivity index (χ1v) is 13.0. The van der Waals surface area contributed by atoms with Gasteiger partial charge in [-0.1, -0.05) is 71.8 Å². The fraction of sp³-hybridized carbons (Fsp3) is 0.0811. The zero-order valence-corrected chi connectivity index (χ0v) is 24.0. The van der Waals surface area contributed by atoms with Gasteiger partial charge in [-0.3, -0.25) is 0 Å². The topological polar surface area (TPSA) is 0 Å². The van der Waals surface area contributed by atoms with E-state index in [2.05, 4.69) is 112 Å². The molecule has 2 aromatic carbocycles. The monoisotopic (exact) mass is 588 g/mol. The number of rotatable bonds is 6. The number of benzene rings is 2. The van der Waals surface area contributed by atoms with Gasteiger partial charge in [-0.15, -0.1) is 0 Å². The van der Waals surface area contributed by atoms with Crippen LogP contribution in [0, 0.1) is 133 Å². The van der Waals surface area contributed by atoms with Crippen molar-refractivity contribution in [3.8, 4) is 0 Å². The van der Waals surface area contributed by atoms with Crippen LogP contribution in [-0.4, -0.2) is 0 Å². The summed E-state index contributed by atoms with van der Waals surface area (Å²) >= 11 is 0. The normalized spacial score (nSPS) is 21.7. The Bertz CT molecular complexity index is 849. The summed E-state index contributed by atoms with van der Waals surface area (Å²) in [5, 5.41) is 0. The standard InChI is InChI=1S/C27H22.2C5H5.2Fe/c1-3-11-21(12-4-1)19-27(20-22-13-5-2-6-14-22)25(23-15-7-8-16-23)26(27)24-17-9-10-18-24;2*1-2-4-5-3-1;;/h1-18H,19-20H2;2*1-5H;;/q;;;2*+2. The van der Waals surface area contributed by atoms with E-state index < -0.39 is 0 Å². The van der Waals surface area contributed by atoms with Gasteiger partial charge >= 0.3 is 34.1 Å². The zero-order chi connectivity index (χ0) is 25.2. The maximum Gasteiger partial charge on any atom is 2.00 e. The first-order chi connectivity index (χ1) is 18.4. The minimum Gasteiger partial charge on any atom is -0.0622 e. The van der Waals surface area contributed by atoms with E-state index >= 15 is 0 Å². The van der Waals surface area contributed by atoms with Gasteiger partial charge in [0.1, 0.15) is 0 Å². The van der Waals surface area contributed by atoms with Crippen LogP contribution in [0.4, 0.5) is 0 Å². The molecule has 0 N–H and O–H groups in total.